The third-order valence-electron chi connectivity index (χ3n) is 3.41. The van der Waals surface area contributed by atoms with Gasteiger partial charge in [0.15, 0.2) is 0 Å². The van der Waals surface area contributed by atoms with Crippen LogP contribution in [-0.2, 0) is 4.74 Å². The minimum absolute atomic E-state index is 0.150. The van der Waals surface area contributed by atoms with Crippen molar-refractivity contribution in [2.24, 2.45) is 0 Å². The Balaban J connectivity index is 2.13. The molecular weight excluding hydrogens is 328 g/mol. The number of tetrazole rings is 1. The summed E-state index contributed by atoms with van der Waals surface area (Å²) in [6.45, 7) is 3.70. The van der Waals surface area contributed by atoms with Crippen LogP contribution >= 0.6 is 11.3 Å². The van der Waals surface area contributed by atoms with Crippen molar-refractivity contribution in [2.45, 2.75) is 13.8 Å². The number of hydrogen-bond acceptors (Lipinski definition) is 7. The number of thiophene rings is 1. The largest absolute Gasteiger partial charge is 0.462 e. The van der Waals surface area contributed by atoms with Crippen LogP contribution < -0.4 is 0 Å². The highest BCUT2D eigenvalue weighted by Gasteiger charge is 2.27. The molecule has 0 aliphatic rings. The Hall–Kier alpha value is -2.87. The van der Waals surface area contributed by atoms with Gasteiger partial charge >= 0.3 is 5.97 Å². The molecule has 0 unspecified atom stereocenters. The fourth-order valence-electron chi connectivity index (χ4n) is 2.29. The molecule has 3 aromatic rings. The monoisotopic (exact) mass is 342 g/mol. The van der Waals surface area contributed by atoms with Crippen LogP contribution in [0.25, 0.3) is 5.00 Å². The molecule has 2 heterocycles. The Morgan fingerprint density at radius 1 is 1.25 bits per heavy atom. The number of aromatic nitrogens is 4. The summed E-state index contributed by atoms with van der Waals surface area (Å²) in [5, 5.41) is 11.5. The molecule has 3 rings (SSSR count). The van der Waals surface area contributed by atoms with Gasteiger partial charge in [-0.25, -0.2) is 4.79 Å². The smallest absolute Gasteiger partial charge is 0.341 e. The van der Waals surface area contributed by atoms with Crippen molar-refractivity contribution in [3.63, 3.8) is 0 Å². The average molecular weight is 342 g/mol. The van der Waals surface area contributed by atoms with Gasteiger partial charge < -0.3 is 4.74 Å². The number of esters is 1. The molecule has 122 valence electrons. The first kappa shape index (κ1) is 16.0. The maximum absolute atomic E-state index is 12.8. The molecule has 24 heavy (non-hydrogen) atoms. The van der Waals surface area contributed by atoms with E-state index in [0.717, 1.165) is 0 Å². The zero-order valence-corrected chi connectivity index (χ0v) is 13.9. The van der Waals surface area contributed by atoms with Crippen LogP contribution in [0, 0.1) is 6.92 Å². The predicted octanol–water partition coefficient (Wildman–Crippen LogP) is 2.44. The average Bonchev–Trinajstić information content (AvgIpc) is 3.23. The molecule has 0 spiro atoms. The van der Waals surface area contributed by atoms with E-state index in [1.165, 1.54) is 22.3 Å². The molecule has 7 nitrogen and oxygen atoms in total. The van der Waals surface area contributed by atoms with Crippen LogP contribution in [0.3, 0.4) is 0 Å². The molecule has 0 aliphatic heterocycles. The summed E-state index contributed by atoms with van der Waals surface area (Å²) in [4.78, 5) is 25.6. The Labute approximate surface area is 141 Å². The van der Waals surface area contributed by atoms with E-state index in [2.05, 4.69) is 15.5 Å². The van der Waals surface area contributed by atoms with E-state index in [9.17, 15) is 9.59 Å². The summed E-state index contributed by atoms with van der Waals surface area (Å²) in [5.41, 5.74) is 1.44. The minimum atomic E-state index is -0.496. The van der Waals surface area contributed by atoms with E-state index >= 15 is 0 Å². The first-order valence-electron chi connectivity index (χ1n) is 7.27. The van der Waals surface area contributed by atoms with Gasteiger partial charge in [-0.05, 0) is 29.8 Å². The molecule has 0 atom stereocenters. The van der Waals surface area contributed by atoms with Crippen LogP contribution in [0.1, 0.15) is 38.1 Å². The number of benzene rings is 1. The van der Waals surface area contributed by atoms with Gasteiger partial charge in [-0.15, -0.1) is 16.4 Å². The number of carbonyl (C=O) groups excluding carboxylic acids is 2. The first-order valence-corrected chi connectivity index (χ1v) is 8.08. The lowest BCUT2D eigenvalue weighted by atomic mass is 10.0. The third-order valence-corrected chi connectivity index (χ3v) is 4.69. The third kappa shape index (κ3) is 2.83. The lowest BCUT2D eigenvalue weighted by Crippen LogP contribution is -2.10. The summed E-state index contributed by atoms with van der Waals surface area (Å²) < 4.78 is 6.49. The Kier molecular flexibility index (Phi) is 4.48. The SMILES string of the molecule is CCOC(=O)c1c(-n2cnnn2)sc(C(=O)c2ccccc2)c1C. The van der Waals surface area contributed by atoms with Crippen molar-refractivity contribution < 1.29 is 14.3 Å². The summed E-state index contributed by atoms with van der Waals surface area (Å²) in [6, 6.07) is 8.91. The van der Waals surface area contributed by atoms with Crippen molar-refractivity contribution in [3.05, 3.63) is 58.2 Å². The number of rotatable bonds is 5. The van der Waals surface area contributed by atoms with E-state index in [0.29, 0.717) is 26.6 Å². The normalized spacial score (nSPS) is 10.6. The molecule has 0 saturated heterocycles. The van der Waals surface area contributed by atoms with Crippen molar-refractivity contribution in [1.29, 1.82) is 0 Å². The summed E-state index contributed by atoms with van der Waals surface area (Å²) >= 11 is 1.17. The fourth-order valence-corrected chi connectivity index (χ4v) is 3.47. The quantitative estimate of drug-likeness (QED) is 0.523. The van der Waals surface area contributed by atoms with Gasteiger partial charge in [0, 0.05) is 5.56 Å². The molecule has 0 N–H and O–H groups in total. The summed E-state index contributed by atoms with van der Waals surface area (Å²) in [5.74, 6) is -0.646. The van der Waals surface area contributed by atoms with Crippen LogP contribution in [0.4, 0.5) is 0 Å². The zero-order chi connectivity index (χ0) is 17.1. The standard InChI is InChI=1S/C16H14N4O3S/c1-3-23-16(22)12-10(2)14(13(21)11-7-5-4-6-8-11)24-15(12)20-9-17-18-19-20/h4-9H,3H2,1-2H3. The van der Waals surface area contributed by atoms with Gasteiger partial charge in [-0.2, -0.15) is 4.68 Å². The van der Waals surface area contributed by atoms with Crippen molar-refractivity contribution in [1.82, 2.24) is 20.2 Å². The molecule has 0 aliphatic carbocycles. The maximum atomic E-state index is 12.8. The number of hydrogen-bond donors (Lipinski definition) is 0. The van der Waals surface area contributed by atoms with E-state index in [4.69, 9.17) is 4.74 Å². The van der Waals surface area contributed by atoms with Gasteiger partial charge in [0.2, 0.25) is 5.78 Å². The molecule has 2 aromatic heterocycles. The topological polar surface area (TPSA) is 87.0 Å². The van der Waals surface area contributed by atoms with Gasteiger partial charge in [0.1, 0.15) is 16.9 Å². The first-order chi connectivity index (χ1) is 11.6. The zero-order valence-electron chi connectivity index (χ0n) is 13.1. The highest BCUT2D eigenvalue weighted by molar-refractivity contribution is 7.17. The molecule has 8 heteroatoms. The Morgan fingerprint density at radius 2 is 2.00 bits per heavy atom. The highest BCUT2D eigenvalue weighted by Crippen LogP contribution is 2.33. The minimum Gasteiger partial charge on any atom is -0.462 e. The molecular formula is C16H14N4O3S. The van der Waals surface area contributed by atoms with E-state index in [1.807, 2.05) is 6.07 Å². The summed E-state index contributed by atoms with van der Waals surface area (Å²) in [6.07, 6.45) is 1.38. The van der Waals surface area contributed by atoms with Gasteiger partial charge in [0.25, 0.3) is 0 Å². The molecule has 0 amide bonds. The Morgan fingerprint density at radius 3 is 2.62 bits per heavy atom. The molecule has 0 saturated carbocycles. The lowest BCUT2D eigenvalue weighted by Gasteiger charge is -2.04. The predicted molar refractivity (Wildman–Crippen MR) is 87.6 cm³/mol. The van der Waals surface area contributed by atoms with Gasteiger partial charge in [0.05, 0.1) is 11.5 Å². The van der Waals surface area contributed by atoms with E-state index in [1.54, 1.807) is 38.1 Å². The fraction of sp³-hybridized carbons (Fsp3) is 0.188. The summed E-state index contributed by atoms with van der Waals surface area (Å²) in [7, 11) is 0. The number of ether oxygens (including phenoxy) is 1. The highest BCUT2D eigenvalue weighted by atomic mass is 32.1. The second kappa shape index (κ2) is 6.71. The Bertz CT molecular complexity index is 872. The number of carbonyl (C=O) groups is 2. The molecule has 0 fully saturated rings. The molecule has 0 radical (unpaired) electrons. The molecule has 0 bridgehead atoms. The van der Waals surface area contributed by atoms with Crippen molar-refractivity contribution in [3.8, 4) is 5.00 Å². The second-order valence-electron chi connectivity index (χ2n) is 4.91. The van der Waals surface area contributed by atoms with Gasteiger partial charge in [-0.3, -0.25) is 4.79 Å². The van der Waals surface area contributed by atoms with Crippen LogP contribution in [0.5, 0.6) is 0 Å². The van der Waals surface area contributed by atoms with Crippen LogP contribution in [0.15, 0.2) is 36.7 Å². The number of nitrogens with zero attached hydrogens (tertiary/aromatic N) is 4. The molecule has 1 aromatic carbocycles. The number of ketones is 1. The van der Waals surface area contributed by atoms with Crippen LogP contribution in [0.2, 0.25) is 0 Å². The van der Waals surface area contributed by atoms with Crippen molar-refractivity contribution >= 4 is 23.1 Å². The maximum Gasteiger partial charge on any atom is 0.341 e. The van der Waals surface area contributed by atoms with E-state index < -0.39 is 5.97 Å². The van der Waals surface area contributed by atoms with E-state index in [-0.39, 0.29) is 12.4 Å². The van der Waals surface area contributed by atoms with Gasteiger partial charge in [-0.1, -0.05) is 30.3 Å². The van der Waals surface area contributed by atoms with Crippen LogP contribution in [-0.4, -0.2) is 38.6 Å². The van der Waals surface area contributed by atoms with Crippen molar-refractivity contribution in [2.75, 3.05) is 6.61 Å². The second-order valence-corrected chi connectivity index (χ2v) is 5.91. The lowest BCUT2D eigenvalue weighted by molar-refractivity contribution is 0.0526.